The van der Waals surface area contributed by atoms with Gasteiger partial charge >= 0.3 is 0 Å². The molecule has 1 aromatic heterocycles. The maximum absolute atomic E-state index is 15.6. The zero-order valence-corrected chi connectivity index (χ0v) is 25.8. The van der Waals surface area contributed by atoms with Gasteiger partial charge in [0.05, 0.1) is 29.2 Å². The molecule has 1 saturated heterocycles. The maximum atomic E-state index is 15.6. The highest BCUT2D eigenvalue weighted by Gasteiger charge is 2.32. The molecule has 0 aliphatic carbocycles. The molecule has 2 aromatic carbocycles. The zero-order valence-electron chi connectivity index (χ0n) is 23.4. The van der Waals surface area contributed by atoms with Gasteiger partial charge < -0.3 is 29.0 Å². The summed E-state index contributed by atoms with van der Waals surface area (Å²) in [5.74, 6) is 0.369. The average molecular weight is 664 g/mol. The Labute approximate surface area is 254 Å². The largest absolute Gasteiger partial charge is 0.497 e. The molecule has 0 saturated carbocycles. The smallest absolute Gasteiger partial charge is 0.293 e. The number of amides is 2. The molecule has 2 amide bonds. The first-order chi connectivity index (χ1) is 20.2. The van der Waals surface area contributed by atoms with Gasteiger partial charge in [-0.05, 0) is 64.5 Å². The van der Waals surface area contributed by atoms with E-state index in [0.29, 0.717) is 29.4 Å². The Morgan fingerprint density at radius 1 is 1.17 bits per heavy atom. The number of carbonyl (C=O) groups excluding carboxylic acids is 2. The van der Waals surface area contributed by atoms with Crippen molar-refractivity contribution in [2.45, 2.75) is 19.6 Å². The molecule has 3 aromatic rings. The fourth-order valence-electron chi connectivity index (χ4n) is 3.95. The van der Waals surface area contributed by atoms with E-state index in [-0.39, 0.29) is 33.2 Å². The van der Waals surface area contributed by atoms with Crippen LogP contribution in [0, 0.1) is 5.82 Å². The van der Waals surface area contributed by atoms with E-state index in [0.717, 1.165) is 22.2 Å². The van der Waals surface area contributed by atoms with Gasteiger partial charge in [-0.3, -0.25) is 14.5 Å². The Kier molecular flexibility index (Phi) is 10.2. The molecule has 42 heavy (non-hydrogen) atoms. The van der Waals surface area contributed by atoms with E-state index < -0.39 is 23.1 Å². The lowest BCUT2D eigenvalue weighted by molar-refractivity contribution is -0.121. The van der Waals surface area contributed by atoms with Crippen LogP contribution >= 0.6 is 27.7 Å². The normalized spacial score (nSPS) is 14.7. The summed E-state index contributed by atoms with van der Waals surface area (Å²) in [6.45, 7) is 1.88. The summed E-state index contributed by atoms with van der Waals surface area (Å²) in [6.07, 6.45) is 3.72. The van der Waals surface area contributed by atoms with Crippen LogP contribution in [0.3, 0.4) is 0 Å². The molecule has 1 aliphatic rings. The van der Waals surface area contributed by atoms with Crippen molar-refractivity contribution in [2.75, 3.05) is 40.5 Å². The number of likely N-dealkylation sites (N-methyl/N-ethyl adjacent to an activating group) is 1. The standard InChI is InChI=1S/C28H28BrFN4O7S/c1-15(19-12-31-13-33-26(19)32-11-16-6-7-18(38-4)10-20(16)39-5)41-21-8-17(9-22-27(35)34(2)28(36)42-22)23(29)24(30)25(21)40-14-37-3/h6-10,12-13,15H,11,14H2,1-5H3,(H,31,32,33). The topological polar surface area (TPSA) is 121 Å². The molecule has 0 bridgehead atoms. The second-order valence-corrected chi connectivity index (χ2v) is 10.6. The van der Waals surface area contributed by atoms with Gasteiger partial charge in [-0.1, -0.05) is 0 Å². The highest BCUT2D eigenvalue weighted by molar-refractivity contribution is 9.10. The Morgan fingerprint density at radius 2 is 1.95 bits per heavy atom. The molecule has 1 atom stereocenters. The van der Waals surface area contributed by atoms with Crippen molar-refractivity contribution >= 4 is 50.7 Å². The van der Waals surface area contributed by atoms with Crippen LogP contribution in [-0.2, 0) is 16.1 Å². The van der Waals surface area contributed by atoms with Crippen LogP contribution in [0.4, 0.5) is 15.0 Å². The number of hydrogen-bond acceptors (Lipinski definition) is 11. The minimum Gasteiger partial charge on any atom is -0.497 e. The van der Waals surface area contributed by atoms with Crippen LogP contribution in [0.5, 0.6) is 23.0 Å². The first kappa shape index (κ1) is 31.1. The number of benzene rings is 2. The number of aromatic nitrogens is 2. The highest BCUT2D eigenvalue weighted by atomic mass is 79.9. The first-order valence-electron chi connectivity index (χ1n) is 12.4. The number of ether oxygens (including phenoxy) is 5. The Bertz CT molecular complexity index is 1520. The number of carbonyl (C=O) groups is 2. The van der Waals surface area contributed by atoms with Gasteiger partial charge in [0.15, 0.2) is 18.4 Å². The predicted octanol–water partition coefficient (Wildman–Crippen LogP) is 5.80. The number of thioether (sulfide) groups is 1. The number of anilines is 1. The summed E-state index contributed by atoms with van der Waals surface area (Å²) in [6, 6.07) is 7.00. The molecular weight excluding hydrogens is 635 g/mol. The number of nitrogens with one attached hydrogen (secondary N) is 1. The minimum absolute atomic E-state index is 0.0235. The van der Waals surface area contributed by atoms with Crippen LogP contribution in [0.2, 0.25) is 0 Å². The summed E-state index contributed by atoms with van der Waals surface area (Å²) in [5, 5.41) is 2.85. The predicted molar refractivity (Wildman–Crippen MR) is 158 cm³/mol. The molecule has 4 rings (SSSR count). The number of imide groups is 1. The second kappa shape index (κ2) is 13.9. The maximum Gasteiger partial charge on any atom is 0.293 e. The van der Waals surface area contributed by atoms with Crippen molar-refractivity contribution in [1.82, 2.24) is 14.9 Å². The van der Waals surface area contributed by atoms with Gasteiger partial charge in [0.25, 0.3) is 11.1 Å². The molecule has 11 nitrogen and oxygen atoms in total. The molecule has 14 heteroatoms. The van der Waals surface area contributed by atoms with Crippen molar-refractivity contribution in [2.24, 2.45) is 0 Å². The van der Waals surface area contributed by atoms with Crippen molar-refractivity contribution in [3.05, 3.63) is 68.7 Å². The minimum atomic E-state index is -0.770. The van der Waals surface area contributed by atoms with E-state index in [2.05, 4.69) is 31.2 Å². The van der Waals surface area contributed by atoms with Crippen molar-refractivity contribution in [3.8, 4) is 23.0 Å². The van der Waals surface area contributed by atoms with E-state index >= 15 is 4.39 Å². The van der Waals surface area contributed by atoms with Gasteiger partial charge in [0.1, 0.15) is 29.7 Å². The van der Waals surface area contributed by atoms with Gasteiger partial charge in [-0.15, -0.1) is 0 Å². The molecule has 0 spiro atoms. The molecular formula is C28H28BrFN4O7S. The van der Waals surface area contributed by atoms with Gasteiger partial charge in [0, 0.05) is 38.5 Å². The van der Waals surface area contributed by atoms with Crippen LogP contribution in [0.25, 0.3) is 6.08 Å². The van der Waals surface area contributed by atoms with Crippen LogP contribution in [0.1, 0.15) is 29.7 Å². The van der Waals surface area contributed by atoms with Gasteiger partial charge in [-0.25, -0.2) is 14.4 Å². The quantitative estimate of drug-likeness (QED) is 0.187. The summed E-state index contributed by atoms with van der Waals surface area (Å²) < 4.78 is 43.0. The third kappa shape index (κ3) is 6.77. The number of rotatable bonds is 12. The van der Waals surface area contributed by atoms with E-state index in [1.54, 1.807) is 33.4 Å². The molecule has 1 aliphatic heterocycles. The number of nitrogens with zero attached hydrogens (tertiary/aromatic N) is 3. The Balaban J connectivity index is 1.64. The van der Waals surface area contributed by atoms with Crippen LogP contribution < -0.4 is 24.3 Å². The fourth-order valence-corrected chi connectivity index (χ4v) is 5.18. The third-order valence-corrected chi connectivity index (χ3v) is 7.94. The van der Waals surface area contributed by atoms with Crippen LogP contribution in [-0.4, -0.2) is 61.2 Å². The SMILES string of the molecule is COCOc1c(OC(C)c2cncnc2NCc2ccc(OC)cc2OC)cc(C=C2SC(=O)N(C)C2=O)c(Br)c1F. The number of hydrogen-bond donors (Lipinski definition) is 1. The lowest BCUT2D eigenvalue weighted by atomic mass is 10.1. The van der Waals surface area contributed by atoms with E-state index in [1.807, 2.05) is 12.1 Å². The van der Waals surface area contributed by atoms with Crippen LogP contribution in [0.15, 0.2) is 46.2 Å². The summed E-state index contributed by atoms with van der Waals surface area (Å²) in [5.41, 5.74) is 1.72. The molecule has 222 valence electrons. The molecule has 0 radical (unpaired) electrons. The second-order valence-electron chi connectivity index (χ2n) is 8.83. The van der Waals surface area contributed by atoms with Crippen molar-refractivity contribution < 1.29 is 37.7 Å². The molecule has 1 fully saturated rings. The monoisotopic (exact) mass is 662 g/mol. The lowest BCUT2D eigenvalue weighted by Gasteiger charge is -2.21. The van der Waals surface area contributed by atoms with Crippen molar-refractivity contribution in [3.63, 3.8) is 0 Å². The van der Waals surface area contributed by atoms with E-state index in [9.17, 15) is 9.59 Å². The summed E-state index contributed by atoms with van der Waals surface area (Å²) >= 11 is 4.00. The van der Waals surface area contributed by atoms with Crippen molar-refractivity contribution in [1.29, 1.82) is 0 Å². The number of halogens is 2. The fraction of sp³-hybridized carbons (Fsp3) is 0.286. The molecule has 1 N–H and O–H groups in total. The zero-order chi connectivity index (χ0) is 30.4. The van der Waals surface area contributed by atoms with E-state index in [1.165, 1.54) is 32.6 Å². The summed E-state index contributed by atoms with van der Waals surface area (Å²) in [7, 11) is 5.94. The Morgan fingerprint density at radius 3 is 2.62 bits per heavy atom. The lowest BCUT2D eigenvalue weighted by Crippen LogP contribution is -2.22. The molecule has 2 heterocycles. The average Bonchev–Trinajstić information content (AvgIpc) is 3.24. The Hall–Kier alpha value is -3.88. The summed E-state index contributed by atoms with van der Waals surface area (Å²) in [4.78, 5) is 34.1. The molecule has 1 unspecified atom stereocenters. The first-order valence-corrected chi connectivity index (χ1v) is 14.1. The van der Waals surface area contributed by atoms with Gasteiger partial charge in [0.2, 0.25) is 5.75 Å². The van der Waals surface area contributed by atoms with Gasteiger partial charge in [-0.2, -0.15) is 0 Å². The van der Waals surface area contributed by atoms with E-state index in [4.69, 9.17) is 23.7 Å². The third-order valence-electron chi connectivity index (χ3n) is 6.17. The number of methoxy groups -OCH3 is 3. The highest BCUT2D eigenvalue weighted by Crippen LogP contribution is 2.42.